The number of benzene rings is 2. The van der Waals surface area contributed by atoms with Gasteiger partial charge in [0.15, 0.2) is 13.6 Å². The van der Waals surface area contributed by atoms with Crippen molar-refractivity contribution < 1.29 is 45.7 Å². The Morgan fingerprint density at radius 3 is 1.38 bits per heavy atom. The van der Waals surface area contributed by atoms with Crippen LogP contribution in [-0.4, -0.2) is 36.0 Å². The van der Waals surface area contributed by atoms with Gasteiger partial charge in [-0.3, -0.25) is 18.1 Å². The molecule has 0 heterocycles. The van der Waals surface area contributed by atoms with Crippen molar-refractivity contribution in [2.75, 3.05) is 13.6 Å². The van der Waals surface area contributed by atoms with Gasteiger partial charge in [0.2, 0.25) is 0 Å². The van der Waals surface area contributed by atoms with Crippen LogP contribution in [0.4, 0.5) is 0 Å². The van der Waals surface area contributed by atoms with Crippen molar-refractivity contribution in [1.29, 1.82) is 0 Å². The summed E-state index contributed by atoms with van der Waals surface area (Å²) in [5, 5.41) is 0. The van der Waals surface area contributed by atoms with Crippen LogP contribution >= 0.6 is 15.6 Å². The van der Waals surface area contributed by atoms with E-state index in [1.54, 1.807) is 83.1 Å². The summed E-state index contributed by atoms with van der Waals surface area (Å²) in [6.45, 7) is 24.6. The Kier molecular flexibility index (Phi) is 15.0. The molecule has 0 atom stereocenters. The lowest BCUT2D eigenvalue weighted by Gasteiger charge is -2.31. The lowest BCUT2D eigenvalue weighted by molar-refractivity contribution is -0.0195. The average Bonchev–Trinajstić information content (AvgIpc) is 2.84. The molecule has 2 aromatic rings. The quantitative estimate of drug-likeness (QED) is 0.0892. The zero-order chi connectivity index (χ0) is 36.6. The molecule has 2 rings (SSSR count). The molecule has 10 nitrogen and oxygen atoms in total. The number of aryl methyl sites for hydroxylation is 2. The Morgan fingerprint density at radius 1 is 0.604 bits per heavy atom. The van der Waals surface area contributed by atoms with Gasteiger partial charge in [0.25, 0.3) is 0 Å². The van der Waals surface area contributed by atoms with Gasteiger partial charge in [-0.15, -0.1) is 0 Å². The molecule has 0 saturated carbocycles. The second-order valence-corrected chi connectivity index (χ2v) is 18.8. The van der Waals surface area contributed by atoms with Gasteiger partial charge in [0.05, 0.1) is 28.0 Å². The minimum atomic E-state index is -4.05. The smallest absolute Gasteiger partial charge is 0.466 e. The molecule has 0 fully saturated rings. The van der Waals surface area contributed by atoms with E-state index in [2.05, 4.69) is 6.92 Å². The topological polar surface area (TPSA) is 108 Å². The standard InChI is InChI=1S/C36H60O10P2/c1-15-16-17-20-28-23-30(39-25-41-47(37,43-33(3,4)5)44-34(6,7)8)32(29-21-18-19-27(2)22-29)31(24-28)40-26-42-48(38,45-35(9,10)11)46-36(12,13)14/h18-19,21-24H,15-17,20,25-26H2,1-14H3. The monoisotopic (exact) mass is 714 g/mol. The number of rotatable bonds is 17. The predicted molar refractivity (Wildman–Crippen MR) is 192 cm³/mol. The normalized spacial score (nSPS) is 13.5. The van der Waals surface area contributed by atoms with Crippen LogP contribution in [0.1, 0.15) is 120 Å². The van der Waals surface area contributed by atoms with Gasteiger partial charge < -0.3 is 9.47 Å². The first-order valence-corrected chi connectivity index (χ1v) is 19.5. The third kappa shape index (κ3) is 16.3. The summed E-state index contributed by atoms with van der Waals surface area (Å²) in [4.78, 5) is 0. The molecule has 0 spiro atoms. The SMILES string of the molecule is CCCCCc1cc(OCOP(=O)(OC(C)(C)C)OC(C)(C)C)c(-c2cccc(C)c2)c(OCOP(=O)(OC(C)(C)C)OC(C)(C)C)c1. The van der Waals surface area contributed by atoms with Gasteiger partial charge >= 0.3 is 15.6 Å². The lowest BCUT2D eigenvalue weighted by Crippen LogP contribution is -2.25. The summed E-state index contributed by atoms with van der Waals surface area (Å²) in [5.74, 6) is 0.866. The maximum Gasteiger partial charge on any atom is 0.478 e. The van der Waals surface area contributed by atoms with E-state index in [-0.39, 0.29) is 0 Å². The second kappa shape index (κ2) is 17.0. The molecule has 0 aliphatic heterocycles. The fourth-order valence-corrected chi connectivity index (χ4v) is 7.81. The second-order valence-electron chi connectivity index (χ2n) is 15.8. The fraction of sp³-hybridized carbons (Fsp3) is 0.667. The summed E-state index contributed by atoms with van der Waals surface area (Å²) < 4.78 is 74.6. The largest absolute Gasteiger partial charge is 0.478 e. The maximum atomic E-state index is 13.7. The maximum absolute atomic E-state index is 13.7. The molecule has 0 saturated heterocycles. The molecule has 2 aromatic carbocycles. The first-order chi connectivity index (χ1) is 21.8. The molecule has 0 aromatic heterocycles. The molecule has 0 amide bonds. The van der Waals surface area contributed by atoms with Crippen molar-refractivity contribution in [2.45, 2.75) is 145 Å². The van der Waals surface area contributed by atoms with E-state index < -0.39 is 51.6 Å². The van der Waals surface area contributed by atoms with Gasteiger partial charge in [-0.05, 0) is 126 Å². The van der Waals surface area contributed by atoms with Crippen molar-refractivity contribution in [3.8, 4) is 22.6 Å². The van der Waals surface area contributed by atoms with Gasteiger partial charge in [0.1, 0.15) is 11.5 Å². The Morgan fingerprint density at radius 2 is 1.02 bits per heavy atom. The van der Waals surface area contributed by atoms with E-state index in [9.17, 15) is 9.13 Å². The van der Waals surface area contributed by atoms with Gasteiger partial charge in [0, 0.05) is 0 Å². The van der Waals surface area contributed by atoms with Gasteiger partial charge in [-0.1, -0.05) is 49.6 Å². The molecule has 0 unspecified atom stereocenters. The predicted octanol–water partition coefficient (Wildman–Crippen LogP) is 11.6. The summed E-state index contributed by atoms with van der Waals surface area (Å²) in [6, 6.07) is 11.7. The molecular formula is C36H60O10P2. The highest BCUT2D eigenvalue weighted by Gasteiger charge is 2.39. The van der Waals surface area contributed by atoms with Gasteiger partial charge in [-0.2, -0.15) is 0 Å². The Labute approximate surface area is 289 Å². The molecule has 12 heteroatoms. The third-order valence-corrected chi connectivity index (χ3v) is 9.82. The van der Waals surface area contributed by atoms with E-state index in [0.29, 0.717) is 17.1 Å². The molecule has 0 aliphatic carbocycles. The first kappa shape index (κ1) is 42.4. The van der Waals surface area contributed by atoms with Crippen LogP contribution < -0.4 is 9.47 Å². The van der Waals surface area contributed by atoms with Gasteiger partial charge in [-0.25, -0.2) is 18.2 Å². The van der Waals surface area contributed by atoms with Crippen LogP contribution in [-0.2, 0) is 42.7 Å². The highest BCUT2D eigenvalue weighted by atomic mass is 31.2. The van der Waals surface area contributed by atoms with Crippen LogP contribution in [0, 0.1) is 6.92 Å². The number of phosphoric ester groups is 2. The minimum Gasteiger partial charge on any atom is -0.466 e. The van der Waals surface area contributed by atoms with Crippen LogP contribution in [0.5, 0.6) is 11.5 Å². The molecule has 0 N–H and O–H groups in total. The molecule has 0 aliphatic rings. The summed E-state index contributed by atoms with van der Waals surface area (Å²) in [7, 11) is -8.09. The molecule has 0 radical (unpaired) electrons. The van der Waals surface area contributed by atoms with Crippen molar-refractivity contribution in [3.05, 3.63) is 47.5 Å². The van der Waals surface area contributed by atoms with Crippen molar-refractivity contribution in [2.24, 2.45) is 0 Å². The summed E-state index contributed by atoms with van der Waals surface area (Å²) in [6.07, 6.45) is 3.82. The summed E-state index contributed by atoms with van der Waals surface area (Å²) in [5.41, 5.74) is 0.164. The van der Waals surface area contributed by atoms with E-state index in [0.717, 1.165) is 42.4 Å². The van der Waals surface area contributed by atoms with Crippen molar-refractivity contribution in [3.63, 3.8) is 0 Å². The zero-order valence-electron chi connectivity index (χ0n) is 31.7. The Hall–Kier alpha value is -1.74. The number of phosphoric acid groups is 2. The van der Waals surface area contributed by atoms with Crippen molar-refractivity contribution >= 4 is 15.6 Å². The summed E-state index contributed by atoms with van der Waals surface area (Å²) >= 11 is 0. The Bertz CT molecular complexity index is 1290. The lowest BCUT2D eigenvalue weighted by atomic mass is 9.97. The highest BCUT2D eigenvalue weighted by molar-refractivity contribution is 7.48. The first-order valence-electron chi connectivity index (χ1n) is 16.6. The molecule has 0 bridgehead atoms. The van der Waals surface area contributed by atoms with Crippen LogP contribution in [0.3, 0.4) is 0 Å². The number of ether oxygens (including phenoxy) is 2. The number of hydrogen-bond acceptors (Lipinski definition) is 10. The fourth-order valence-electron chi connectivity index (χ4n) is 4.47. The molecular weight excluding hydrogens is 654 g/mol. The third-order valence-electron chi connectivity index (χ3n) is 5.89. The van der Waals surface area contributed by atoms with Crippen LogP contribution in [0.15, 0.2) is 36.4 Å². The Balaban J connectivity index is 2.57. The molecule has 48 heavy (non-hydrogen) atoms. The number of unbranched alkanes of at least 4 members (excludes halogenated alkanes) is 2. The van der Waals surface area contributed by atoms with E-state index in [1.165, 1.54) is 0 Å². The minimum absolute atomic E-state index is 0.426. The zero-order valence-corrected chi connectivity index (χ0v) is 33.5. The molecule has 274 valence electrons. The van der Waals surface area contributed by atoms with E-state index in [1.807, 2.05) is 43.3 Å². The number of hydrogen-bond donors (Lipinski definition) is 0. The average molecular weight is 715 g/mol. The van der Waals surface area contributed by atoms with Crippen molar-refractivity contribution in [1.82, 2.24) is 0 Å². The van der Waals surface area contributed by atoms with E-state index in [4.69, 9.17) is 36.6 Å². The van der Waals surface area contributed by atoms with E-state index >= 15 is 0 Å². The van der Waals surface area contributed by atoms with Crippen LogP contribution in [0.2, 0.25) is 0 Å². The highest BCUT2D eigenvalue weighted by Crippen LogP contribution is 2.56. The van der Waals surface area contributed by atoms with Crippen LogP contribution in [0.25, 0.3) is 11.1 Å².